The van der Waals surface area contributed by atoms with Crippen LogP contribution in [0.3, 0.4) is 0 Å². The van der Waals surface area contributed by atoms with Gasteiger partial charge >= 0.3 is 0 Å². The number of hydrogen-bond acceptors (Lipinski definition) is 8. The Labute approximate surface area is 178 Å². The minimum absolute atomic E-state index is 0.123. The molecule has 1 aliphatic carbocycles. The van der Waals surface area contributed by atoms with Crippen LogP contribution in [0.2, 0.25) is 5.02 Å². The number of ether oxygens (including phenoxy) is 3. The standard InChI is InChI=1S/C20H24ClNO6S/c1-11-8-12(22-4-6-29-7-5-23)9-15(24)20(11)19(25)16-13(26-2)10-14(27-3)17(21)18(16)28-20/h9-11,22-23H,4-8H2,1-3H3/t11-,20+/m1/s1. The summed E-state index contributed by atoms with van der Waals surface area (Å²) >= 11 is 7.99. The number of hydrogen-bond donors (Lipinski definition) is 2. The third-order valence-corrected chi connectivity index (χ3v) is 6.47. The summed E-state index contributed by atoms with van der Waals surface area (Å²) in [7, 11) is 2.89. The number of thioether (sulfide) groups is 1. The zero-order valence-electron chi connectivity index (χ0n) is 16.5. The van der Waals surface area contributed by atoms with Gasteiger partial charge in [0.2, 0.25) is 17.2 Å². The van der Waals surface area contributed by atoms with Gasteiger partial charge in [0, 0.05) is 41.8 Å². The molecule has 7 nitrogen and oxygen atoms in total. The van der Waals surface area contributed by atoms with Gasteiger partial charge in [0.05, 0.1) is 20.8 Å². The fourth-order valence-electron chi connectivity index (χ4n) is 3.70. The highest BCUT2D eigenvalue weighted by Crippen LogP contribution is 2.52. The number of aliphatic hydroxyl groups is 1. The molecule has 1 spiro atoms. The van der Waals surface area contributed by atoms with Crippen LogP contribution in [0.4, 0.5) is 0 Å². The number of benzene rings is 1. The van der Waals surface area contributed by atoms with Crippen LogP contribution in [0.5, 0.6) is 17.2 Å². The molecule has 2 aliphatic rings. The monoisotopic (exact) mass is 441 g/mol. The van der Waals surface area contributed by atoms with Crippen molar-refractivity contribution in [3.05, 3.63) is 28.4 Å². The first kappa shape index (κ1) is 21.8. The molecule has 9 heteroatoms. The van der Waals surface area contributed by atoms with Crippen LogP contribution in [0.15, 0.2) is 17.8 Å². The van der Waals surface area contributed by atoms with Crippen molar-refractivity contribution in [1.29, 1.82) is 0 Å². The van der Waals surface area contributed by atoms with Gasteiger partial charge in [-0.15, -0.1) is 0 Å². The number of ketones is 2. The molecule has 0 saturated heterocycles. The van der Waals surface area contributed by atoms with E-state index in [0.29, 0.717) is 24.5 Å². The lowest BCUT2D eigenvalue weighted by Crippen LogP contribution is -2.55. The number of Topliss-reactive ketones (excluding diaryl/α,β-unsaturated/α-hetero) is 1. The third-order valence-electron chi connectivity index (χ3n) is 5.14. The van der Waals surface area contributed by atoms with Gasteiger partial charge in [-0.3, -0.25) is 9.59 Å². The highest BCUT2D eigenvalue weighted by molar-refractivity contribution is 7.99. The molecule has 2 N–H and O–H groups in total. The fraction of sp³-hybridized carbons (Fsp3) is 0.500. The predicted molar refractivity (Wildman–Crippen MR) is 112 cm³/mol. The maximum atomic E-state index is 13.4. The van der Waals surface area contributed by atoms with Crippen molar-refractivity contribution in [2.45, 2.75) is 18.9 Å². The smallest absolute Gasteiger partial charge is 0.236 e. The molecule has 1 aromatic rings. The van der Waals surface area contributed by atoms with E-state index in [-0.39, 0.29) is 28.7 Å². The fourth-order valence-corrected chi connectivity index (χ4v) is 4.55. The lowest BCUT2D eigenvalue weighted by molar-refractivity contribution is -0.129. The Bertz CT molecular complexity index is 858. The Balaban J connectivity index is 1.88. The number of carbonyl (C=O) groups excluding carboxylic acids is 2. The van der Waals surface area contributed by atoms with Gasteiger partial charge in [0.25, 0.3) is 0 Å². The highest BCUT2D eigenvalue weighted by atomic mass is 35.5. The van der Waals surface area contributed by atoms with Crippen molar-refractivity contribution < 1.29 is 28.9 Å². The third kappa shape index (κ3) is 3.69. The maximum Gasteiger partial charge on any atom is 0.236 e. The molecule has 0 bridgehead atoms. The van der Waals surface area contributed by atoms with E-state index in [4.69, 9.17) is 30.9 Å². The van der Waals surface area contributed by atoms with Crippen molar-refractivity contribution in [3.63, 3.8) is 0 Å². The van der Waals surface area contributed by atoms with Gasteiger partial charge in [-0.2, -0.15) is 11.8 Å². The van der Waals surface area contributed by atoms with Crippen molar-refractivity contribution in [1.82, 2.24) is 5.32 Å². The number of halogens is 1. The molecular weight excluding hydrogens is 418 g/mol. The second-order valence-corrected chi connectivity index (χ2v) is 8.47. The quantitative estimate of drug-likeness (QED) is 0.469. The summed E-state index contributed by atoms with van der Waals surface area (Å²) in [5.41, 5.74) is -0.716. The molecule has 0 aromatic heterocycles. The number of methoxy groups -OCH3 is 2. The molecule has 1 heterocycles. The molecule has 158 valence electrons. The van der Waals surface area contributed by atoms with E-state index in [1.807, 2.05) is 6.92 Å². The Morgan fingerprint density at radius 3 is 2.66 bits per heavy atom. The zero-order chi connectivity index (χ0) is 21.2. The Kier molecular flexibility index (Phi) is 6.65. The summed E-state index contributed by atoms with van der Waals surface area (Å²) in [4.78, 5) is 26.5. The molecule has 0 radical (unpaired) electrons. The predicted octanol–water partition coefficient (Wildman–Crippen LogP) is 2.48. The Morgan fingerprint density at radius 1 is 1.31 bits per heavy atom. The van der Waals surface area contributed by atoms with Crippen molar-refractivity contribution >= 4 is 34.9 Å². The summed E-state index contributed by atoms with van der Waals surface area (Å²) in [6, 6.07) is 1.52. The first-order chi connectivity index (χ1) is 13.9. The van der Waals surface area contributed by atoms with Gasteiger partial charge < -0.3 is 24.6 Å². The number of fused-ring (bicyclic) bond motifs is 1. The topological polar surface area (TPSA) is 94.1 Å². The van der Waals surface area contributed by atoms with E-state index in [9.17, 15) is 9.59 Å². The van der Waals surface area contributed by atoms with Crippen molar-refractivity contribution in [2.75, 3.05) is 38.9 Å². The lowest BCUT2D eigenvalue weighted by atomic mass is 9.74. The first-order valence-electron chi connectivity index (χ1n) is 9.26. The van der Waals surface area contributed by atoms with E-state index < -0.39 is 23.1 Å². The van der Waals surface area contributed by atoms with Crippen molar-refractivity contribution in [2.24, 2.45) is 5.92 Å². The van der Waals surface area contributed by atoms with Crippen LogP contribution < -0.4 is 19.5 Å². The molecule has 2 atom stereocenters. The maximum absolute atomic E-state index is 13.4. The molecule has 0 amide bonds. The van der Waals surface area contributed by atoms with E-state index in [2.05, 4.69) is 5.32 Å². The van der Waals surface area contributed by atoms with Crippen LogP contribution >= 0.6 is 23.4 Å². The largest absolute Gasteiger partial charge is 0.496 e. The molecule has 0 unspecified atom stereocenters. The van der Waals surface area contributed by atoms with Crippen LogP contribution in [0, 0.1) is 5.92 Å². The normalized spacial score (nSPS) is 22.9. The van der Waals surface area contributed by atoms with Crippen LogP contribution in [-0.2, 0) is 4.79 Å². The van der Waals surface area contributed by atoms with E-state index in [1.54, 1.807) is 11.8 Å². The summed E-state index contributed by atoms with van der Waals surface area (Å²) in [5, 5.41) is 12.2. The minimum Gasteiger partial charge on any atom is -0.496 e. The molecular formula is C20H24ClNO6S. The molecule has 1 aliphatic heterocycles. The highest BCUT2D eigenvalue weighted by Gasteiger charge is 2.60. The van der Waals surface area contributed by atoms with Gasteiger partial charge in [-0.25, -0.2) is 0 Å². The van der Waals surface area contributed by atoms with Crippen molar-refractivity contribution in [3.8, 4) is 17.2 Å². The summed E-state index contributed by atoms with van der Waals surface area (Å²) in [6.45, 7) is 2.62. The SMILES string of the molecule is COc1cc(OC)c2c(c1Cl)O[C@@]1(C(=O)C=C(NCCSCCO)C[C@H]1C)C2=O. The van der Waals surface area contributed by atoms with Gasteiger partial charge in [-0.05, 0) is 6.42 Å². The molecule has 0 saturated carbocycles. The van der Waals surface area contributed by atoms with Gasteiger partial charge in [0.1, 0.15) is 22.1 Å². The summed E-state index contributed by atoms with van der Waals surface area (Å²) in [5.74, 6) is 0.904. The number of allylic oxidation sites excluding steroid dienone is 1. The minimum atomic E-state index is -1.65. The first-order valence-corrected chi connectivity index (χ1v) is 10.8. The zero-order valence-corrected chi connectivity index (χ0v) is 18.1. The second-order valence-electron chi connectivity index (χ2n) is 6.87. The van der Waals surface area contributed by atoms with E-state index >= 15 is 0 Å². The molecule has 3 rings (SSSR count). The Morgan fingerprint density at radius 2 is 2.03 bits per heavy atom. The summed E-state index contributed by atoms with van der Waals surface area (Å²) < 4.78 is 16.6. The number of carbonyl (C=O) groups is 2. The average Bonchev–Trinajstić information content (AvgIpc) is 3.02. The molecule has 1 aromatic carbocycles. The van der Waals surface area contributed by atoms with Crippen LogP contribution in [0.25, 0.3) is 0 Å². The van der Waals surface area contributed by atoms with Crippen LogP contribution in [-0.4, -0.2) is 61.2 Å². The van der Waals surface area contributed by atoms with E-state index in [0.717, 1.165) is 11.4 Å². The number of rotatable bonds is 8. The molecule has 29 heavy (non-hydrogen) atoms. The van der Waals surface area contributed by atoms with Gasteiger partial charge in [0.15, 0.2) is 5.75 Å². The number of nitrogens with one attached hydrogen (secondary N) is 1. The molecule has 0 fully saturated rings. The second kappa shape index (κ2) is 8.85. The lowest BCUT2D eigenvalue weighted by Gasteiger charge is -2.35. The van der Waals surface area contributed by atoms with Crippen LogP contribution in [0.1, 0.15) is 23.7 Å². The number of aliphatic hydroxyl groups excluding tert-OH is 1. The van der Waals surface area contributed by atoms with E-state index in [1.165, 1.54) is 26.4 Å². The van der Waals surface area contributed by atoms with Gasteiger partial charge in [-0.1, -0.05) is 18.5 Å². The summed E-state index contributed by atoms with van der Waals surface area (Å²) in [6.07, 6.45) is 1.92. The Hall–Kier alpha value is -1.90. The average molecular weight is 442 g/mol.